The predicted octanol–water partition coefficient (Wildman–Crippen LogP) is 1.18. The first-order chi connectivity index (χ1) is 10.3. The third kappa shape index (κ3) is 4.05. The molecule has 1 aromatic rings. The Morgan fingerprint density at radius 2 is 2.19 bits per heavy atom. The second-order valence-corrected chi connectivity index (χ2v) is 6.50. The molecule has 0 radical (unpaired) electrons. The van der Waals surface area contributed by atoms with Gasteiger partial charge in [-0.15, -0.1) is 0 Å². The van der Waals surface area contributed by atoms with Crippen LogP contribution in [0.25, 0.3) is 0 Å². The Bertz CT molecular complexity index is 443. The summed E-state index contributed by atoms with van der Waals surface area (Å²) in [6.07, 6.45) is 5.76. The van der Waals surface area contributed by atoms with Crippen molar-refractivity contribution in [3.63, 3.8) is 0 Å². The molecule has 1 saturated carbocycles. The Hall–Kier alpha value is -0.910. The Morgan fingerprint density at radius 1 is 1.33 bits per heavy atom. The van der Waals surface area contributed by atoms with E-state index in [1.807, 2.05) is 4.68 Å². The van der Waals surface area contributed by atoms with Crippen LogP contribution in [0.1, 0.15) is 31.9 Å². The minimum atomic E-state index is 0.296. The van der Waals surface area contributed by atoms with Gasteiger partial charge in [0.25, 0.3) is 0 Å². The van der Waals surface area contributed by atoms with Crippen molar-refractivity contribution >= 4 is 0 Å². The van der Waals surface area contributed by atoms with Gasteiger partial charge in [-0.3, -0.25) is 14.5 Å². The molecule has 2 heterocycles. The minimum absolute atomic E-state index is 0.296. The lowest BCUT2D eigenvalue weighted by molar-refractivity contribution is 0.0515. The second-order valence-electron chi connectivity index (χ2n) is 6.50. The number of aliphatic hydroxyl groups excluding tert-OH is 1. The number of nitrogens with zero attached hydrogens (tertiary/aromatic N) is 4. The lowest BCUT2D eigenvalue weighted by Crippen LogP contribution is -2.53. The number of aliphatic hydroxyl groups is 1. The monoisotopic (exact) mass is 292 g/mol. The third-order valence-electron chi connectivity index (χ3n) is 4.75. The number of piperazine rings is 1. The summed E-state index contributed by atoms with van der Waals surface area (Å²) in [5.74, 6) is 0.929. The molecule has 1 saturated heterocycles. The van der Waals surface area contributed by atoms with Gasteiger partial charge in [0.2, 0.25) is 0 Å². The highest BCUT2D eigenvalue weighted by molar-refractivity contribution is 5.00. The normalized spacial score (nSPS) is 24.6. The Labute approximate surface area is 127 Å². The van der Waals surface area contributed by atoms with Crippen LogP contribution in [0.4, 0.5) is 0 Å². The lowest BCUT2D eigenvalue weighted by Gasteiger charge is -2.41. The smallest absolute Gasteiger partial charge is 0.0764 e. The van der Waals surface area contributed by atoms with Gasteiger partial charge in [-0.1, -0.05) is 0 Å². The van der Waals surface area contributed by atoms with Gasteiger partial charge in [0.05, 0.1) is 5.69 Å². The van der Waals surface area contributed by atoms with Gasteiger partial charge >= 0.3 is 0 Å². The lowest BCUT2D eigenvalue weighted by atomic mass is 10.1. The molecule has 118 valence electrons. The summed E-state index contributed by atoms with van der Waals surface area (Å²) in [6.45, 7) is 8.84. The van der Waals surface area contributed by atoms with Crippen molar-refractivity contribution in [1.29, 1.82) is 0 Å². The van der Waals surface area contributed by atoms with Gasteiger partial charge < -0.3 is 5.11 Å². The third-order valence-corrected chi connectivity index (χ3v) is 4.75. The van der Waals surface area contributed by atoms with Crippen LogP contribution in [0.5, 0.6) is 0 Å². The summed E-state index contributed by atoms with van der Waals surface area (Å²) < 4.78 is 1.99. The van der Waals surface area contributed by atoms with Crippen molar-refractivity contribution in [3.8, 4) is 0 Å². The van der Waals surface area contributed by atoms with E-state index in [2.05, 4.69) is 34.1 Å². The molecular formula is C16H28N4O. The highest BCUT2D eigenvalue weighted by atomic mass is 16.3. The van der Waals surface area contributed by atoms with Crippen LogP contribution >= 0.6 is 0 Å². The Morgan fingerprint density at radius 3 is 2.86 bits per heavy atom. The van der Waals surface area contributed by atoms with Crippen LogP contribution < -0.4 is 0 Å². The van der Waals surface area contributed by atoms with E-state index in [1.165, 1.54) is 19.4 Å². The summed E-state index contributed by atoms with van der Waals surface area (Å²) >= 11 is 0. The molecule has 1 aromatic heterocycles. The van der Waals surface area contributed by atoms with Crippen LogP contribution in [-0.2, 0) is 13.1 Å². The molecule has 0 aromatic carbocycles. The molecule has 5 heteroatoms. The van der Waals surface area contributed by atoms with Crippen molar-refractivity contribution in [1.82, 2.24) is 19.6 Å². The molecule has 1 atom stereocenters. The fraction of sp³-hybridized carbons (Fsp3) is 0.812. The predicted molar refractivity (Wildman–Crippen MR) is 83.0 cm³/mol. The minimum Gasteiger partial charge on any atom is -0.396 e. The standard InChI is InChI=1S/C16H28N4O/c1-2-20-7-5-15(17-20)12-18-8-9-19(11-14-3-4-14)16(13-18)6-10-21/h5,7,14,16,21H,2-4,6,8-13H2,1H3. The molecule has 0 spiro atoms. The maximum Gasteiger partial charge on any atom is 0.0764 e. The van der Waals surface area contributed by atoms with Crippen molar-refractivity contribution in [2.45, 2.75) is 45.3 Å². The van der Waals surface area contributed by atoms with Crippen LogP contribution in [0, 0.1) is 5.92 Å². The average molecular weight is 292 g/mol. The molecule has 21 heavy (non-hydrogen) atoms. The highest BCUT2D eigenvalue weighted by Crippen LogP contribution is 2.31. The molecular weight excluding hydrogens is 264 g/mol. The van der Waals surface area contributed by atoms with E-state index >= 15 is 0 Å². The summed E-state index contributed by atoms with van der Waals surface area (Å²) in [5, 5.41) is 13.9. The molecule has 3 rings (SSSR count). The van der Waals surface area contributed by atoms with Gasteiger partial charge in [0.15, 0.2) is 0 Å². The number of hydrogen-bond acceptors (Lipinski definition) is 4. The van der Waals surface area contributed by atoms with Crippen LogP contribution in [0.15, 0.2) is 12.3 Å². The van der Waals surface area contributed by atoms with Crippen molar-refractivity contribution in [2.24, 2.45) is 5.92 Å². The summed E-state index contributed by atoms with van der Waals surface area (Å²) in [7, 11) is 0. The first kappa shape index (κ1) is 15.0. The first-order valence-corrected chi connectivity index (χ1v) is 8.38. The van der Waals surface area contributed by atoms with Gasteiger partial charge in [-0.2, -0.15) is 5.10 Å². The van der Waals surface area contributed by atoms with Gasteiger partial charge in [0, 0.05) is 58.1 Å². The maximum atomic E-state index is 9.34. The van der Waals surface area contributed by atoms with Gasteiger partial charge in [-0.05, 0) is 38.2 Å². The largest absolute Gasteiger partial charge is 0.396 e. The molecule has 2 fully saturated rings. The number of aryl methyl sites for hydroxylation is 1. The van der Waals surface area contributed by atoms with Crippen molar-refractivity contribution < 1.29 is 5.11 Å². The molecule has 0 bridgehead atoms. The zero-order valence-corrected chi connectivity index (χ0v) is 13.1. The van der Waals surface area contributed by atoms with E-state index in [9.17, 15) is 5.11 Å². The maximum absolute atomic E-state index is 9.34. The Balaban J connectivity index is 1.54. The second kappa shape index (κ2) is 6.90. The average Bonchev–Trinajstić information content (AvgIpc) is 3.19. The number of aromatic nitrogens is 2. The zero-order valence-electron chi connectivity index (χ0n) is 13.1. The van der Waals surface area contributed by atoms with E-state index in [1.54, 1.807) is 0 Å². The molecule has 1 N–H and O–H groups in total. The molecule has 0 amide bonds. The summed E-state index contributed by atoms with van der Waals surface area (Å²) in [4.78, 5) is 5.10. The fourth-order valence-corrected chi connectivity index (χ4v) is 3.29. The number of rotatable bonds is 7. The van der Waals surface area contributed by atoms with E-state index < -0.39 is 0 Å². The van der Waals surface area contributed by atoms with Crippen LogP contribution in [0.3, 0.4) is 0 Å². The van der Waals surface area contributed by atoms with Gasteiger partial charge in [-0.25, -0.2) is 0 Å². The van der Waals surface area contributed by atoms with Crippen molar-refractivity contribution in [2.75, 3.05) is 32.8 Å². The molecule has 1 aliphatic heterocycles. The fourth-order valence-electron chi connectivity index (χ4n) is 3.29. The van der Waals surface area contributed by atoms with Crippen LogP contribution in [0.2, 0.25) is 0 Å². The van der Waals surface area contributed by atoms with E-state index in [0.717, 1.165) is 50.8 Å². The van der Waals surface area contributed by atoms with Gasteiger partial charge in [0.1, 0.15) is 0 Å². The molecule has 1 aliphatic carbocycles. The summed E-state index contributed by atoms with van der Waals surface area (Å²) in [5.41, 5.74) is 1.16. The Kier molecular flexibility index (Phi) is 4.93. The highest BCUT2D eigenvalue weighted by Gasteiger charge is 2.31. The first-order valence-electron chi connectivity index (χ1n) is 8.38. The topological polar surface area (TPSA) is 44.5 Å². The summed E-state index contributed by atoms with van der Waals surface area (Å²) in [6, 6.07) is 2.64. The zero-order chi connectivity index (χ0) is 14.7. The van der Waals surface area contributed by atoms with E-state index in [4.69, 9.17) is 0 Å². The molecule has 2 aliphatic rings. The quantitative estimate of drug-likeness (QED) is 0.820. The SMILES string of the molecule is CCn1ccc(CN2CCN(CC3CC3)C(CCO)C2)n1. The molecule has 5 nitrogen and oxygen atoms in total. The number of hydrogen-bond donors (Lipinski definition) is 1. The van der Waals surface area contributed by atoms with E-state index in [-0.39, 0.29) is 0 Å². The van der Waals surface area contributed by atoms with Crippen LogP contribution in [-0.4, -0.2) is 63.5 Å². The molecule has 1 unspecified atom stereocenters. The van der Waals surface area contributed by atoms with Crippen molar-refractivity contribution in [3.05, 3.63) is 18.0 Å². The van der Waals surface area contributed by atoms with E-state index in [0.29, 0.717) is 12.6 Å².